The maximum Gasteiger partial charge on any atom is 0.260 e. The molecule has 1 fully saturated rings. The molecule has 0 aliphatic carbocycles. The van der Waals surface area contributed by atoms with E-state index in [2.05, 4.69) is 13.8 Å². The normalized spacial score (nSPS) is 16.3. The summed E-state index contributed by atoms with van der Waals surface area (Å²) in [5.74, 6) is 1.11. The Labute approximate surface area is 150 Å². The lowest BCUT2D eigenvalue weighted by molar-refractivity contribution is -0.134. The summed E-state index contributed by atoms with van der Waals surface area (Å²) in [7, 11) is -3.18. The number of ether oxygens (including phenoxy) is 1. The summed E-state index contributed by atoms with van der Waals surface area (Å²) in [6, 6.07) is 5.88. The molecule has 1 aliphatic rings. The van der Waals surface area contributed by atoms with Gasteiger partial charge in [0.2, 0.25) is 10.0 Å². The Balaban J connectivity index is 1.86. The molecule has 1 saturated heterocycles. The number of carbonyl (C=O) groups excluding carboxylic acids is 1. The van der Waals surface area contributed by atoms with Crippen LogP contribution in [-0.2, 0) is 14.8 Å². The fraction of sp³-hybridized carbons (Fsp3) is 0.611. The number of aryl methyl sites for hydroxylation is 1. The molecular formula is C18H28N2O4S. The molecule has 0 atom stereocenters. The van der Waals surface area contributed by atoms with E-state index in [1.54, 1.807) is 11.8 Å². The molecule has 1 aromatic rings. The molecule has 1 aromatic carbocycles. The highest BCUT2D eigenvalue weighted by atomic mass is 32.2. The lowest BCUT2D eigenvalue weighted by Gasteiger charge is -2.33. The SMILES string of the molecule is CCS(=O)(=O)N1CCN(C(=O)COc2ccc(C(C)C)c(C)c2)CC1. The van der Waals surface area contributed by atoms with Crippen LogP contribution in [0.15, 0.2) is 18.2 Å². The monoisotopic (exact) mass is 368 g/mol. The molecule has 7 heteroatoms. The van der Waals surface area contributed by atoms with Crippen molar-refractivity contribution >= 4 is 15.9 Å². The van der Waals surface area contributed by atoms with Gasteiger partial charge in [-0.1, -0.05) is 19.9 Å². The summed E-state index contributed by atoms with van der Waals surface area (Å²) in [4.78, 5) is 14.0. The van der Waals surface area contributed by atoms with Crippen LogP contribution in [0.1, 0.15) is 37.8 Å². The van der Waals surface area contributed by atoms with Crippen LogP contribution in [0.25, 0.3) is 0 Å². The van der Waals surface area contributed by atoms with E-state index < -0.39 is 10.0 Å². The average molecular weight is 368 g/mol. The zero-order valence-corrected chi connectivity index (χ0v) is 16.3. The van der Waals surface area contributed by atoms with Gasteiger partial charge in [-0.2, -0.15) is 4.31 Å². The Morgan fingerprint density at radius 1 is 1.20 bits per heavy atom. The van der Waals surface area contributed by atoms with Crippen LogP contribution in [0.2, 0.25) is 0 Å². The number of piperazine rings is 1. The number of sulfonamides is 1. The van der Waals surface area contributed by atoms with Crippen molar-refractivity contribution < 1.29 is 17.9 Å². The molecule has 0 N–H and O–H groups in total. The first-order valence-electron chi connectivity index (χ1n) is 8.73. The van der Waals surface area contributed by atoms with Gasteiger partial charge in [0.25, 0.3) is 5.91 Å². The van der Waals surface area contributed by atoms with Gasteiger partial charge >= 0.3 is 0 Å². The van der Waals surface area contributed by atoms with E-state index >= 15 is 0 Å². The molecular weight excluding hydrogens is 340 g/mol. The summed E-state index contributed by atoms with van der Waals surface area (Å²) >= 11 is 0. The minimum Gasteiger partial charge on any atom is -0.484 e. The smallest absolute Gasteiger partial charge is 0.260 e. The van der Waals surface area contributed by atoms with Gasteiger partial charge < -0.3 is 9.64 Å². The van der Waals surface area contributed by atoms with E-state index in [0.717, 1.165) is 5.56 Å². The Bertz CT molecular complexity index is 708. The second-order valence-corrected chi connectivity index (χ2v) is 8.90. The van der Waals surface area contributed by atoms with Crippen LogP contribution in [0, 0.1) is 6.92 Å². The first-order chi connectivity index (χ1) is 11.7. The second-order valence-electron chi connectivity index (χ2n) is 6.64. The predicted molar refractivity (Wildman–Crippen MR) is 98.4 cm³/mol. The van der Waals surface area contributed by atoms with Crippen molar-refractivity contribution in [3.8, 4) is 5.75 Å². The van der Waals surface area contributed by atoms with Gasteiger partial charge in [-0.25, -0.2) is 8.42 Å². The Kier molecular flexibility index (Phi) is 6.46. The minimum absolute atomic E-state index is 0.0268. The van der Waals surface area contributed by atoms with Crippen molar-refractivity contribution in [1.29, 1.82) is 0 Å². The molecule has 140 valence electrons. The summed E-state index contributed by atoms with van der Waals surface area (Å²) < 4.78 is 30.8. The van der Waals surface area contributed by atoms with Crippen LogP contribution in [0.4, 0.5) is 0 Å². The first kappa shape index (κ1) is 19.7. The van der Waals surface area contributed by atoms with Crippen molar-refractivity contribution in [3.05, 3.63) is 29.3 Å². The van der Waals surface area contributed by atoms with E-state index in [4.69, 9.17) is 4.74 Å². The van der Waals surface area contributed by atoms with E-state index in [9.17, 15) is 13.2 Å². The van der Waals surface area contributed by atoms with Gasteiger partial charge in [0.1, 0.15) is 5.75 Å². The van der Waals surface area contributed by atoms with Crippen LogP contribution in [0.3, 0.4) is 0 Å². The molecule has 0 spiro atoms. The summed E-state index contributed by atoms with van der Waals surface area (Å²) in [5.41, 5.74) is 2.42. The summed E-state index contributed by atoms with van der Waals surface area (Å²) in [5, 5.41) is 0. The molecule has 6 nitrogen and oxygen atoms in total. The van der Waals surface area contributed by atoms with Crippen molar-refractivity contribution in [2.24, 2.45) is 0 Å². The van der Waals surface area contributed by atoms with E-state index in [-0.39, 0.29) is 18.3 Å². The summed E-state index contributed by atoms with van der Waals surface area (Å²) in [6.45, 7) is 9.45. The van der Waals surface area contributed by atoms with Gasteiger partial charge in [-0.15, -0.1) is 0 Å². The number of nitrogens with zero attached hydrogens (tertiary/aromatic N) is 2. The maximum atomic E-state index is 12.3. The summed E-state index contributed by atoms with van der Waals surface area (Å²) in [6.07, 6.45) is 0. The lowest BCUT2D eigenvalue weighted by atomic mass is 9.98. The largest absolute Gasteiger partial charge is 0.484 e. The van der Waals surface area contributed by atoms with Crippen molar-refractivity contribution in [2.45, 2.75) is 33.6 Å². The van der Waals surface area contributed by atoms with Gasteiger partial charge in [-0.05, 0) is 43.0 Å². The third-order valence-corrected chi connectivity index (χ3v) is 6.46. The third-order valence-electron chi connectivity index (χ3n) is 4.58. The molecule has 0 saturated carbocycles. The Morgan fingerprint density at radius 3 is 2.36 bits per heavy atom. The number of hydrogen-bond donors (Lipinski definition) is 0. The van der Waals surface area contributed by atoms with Crippen LogP contribution >= 0.6 is 0 Å². The zero-order chi connectivity index (χ0) is 18.6. The van der Waals surface area contributed by atoms with Gasteiger partial charge in [0.05, 0.1) is 5.75 Å². The molecule has 1 heterocycles. The Hall–Kier alpha value is -1.60. The van der Waals surface area contributed by atoms with E-state index in [1.165, 1.54) is 9.87 Å². The van der Waals surface area contributed by atoms with Crippen molar-refractivity contribution in [2.75, 3.05) is 38.5 Å². The van der Waals surface area contributed by atoms with E-state index in [1.807, 2.05) is 25.1 Å². The number of rotatable bonds is 6. The second kappa shape index (κ2) is 8.19. The van der Waals surface area contributed by atoms with Crippen molar-refractivity contribution in [1.82, 2.24) is 9.21 Å². The molecule has 2 rings (SSSR count). The number of carbonyl (C=O) groups is 1. The standard InChI is InChI=1S/C18H28N2O4S/c1-5-25(22,23)20-10-8-19(9-11-20)18(21)13-24-16-6-7-17(14(2)3)15(4)12-16/h6-7,12,14H,5,8-11,13H2,1-4H3. The number of hydrogen-bond acceptors (Lipinski definition) is 4. The highest BCUT2D eigenvalue weighted by Gasteiger charge is 2.27. The average Bonchev–Trinajstić information content (AvgIpc) is 2.59. The molecule has 0 unspecified atom stereocenters. The lowest BCUT2D eigenvalue weighted by Crippen LogP contribution is -2.51. The highest BCUT2D eigenvalue weighted by molar-refractivity contribution is 7.89. The number of amides is 1. The third kappa shape index (κ3) is 4.95. The van der Waals surface area contributed by atoms with Crippen LogP contribution in [-0.4, -0.2) is 62.1 Å². The van der Waals surface area contributed by atoms with Gasteiger partial charge in [0, 0.05) is 26.2 Å². The molecule has 0 radical (unpaired) electrons. The number of benzene rings is 1. The van der Waals surface area contributed by atoms with Gasteiger partial charge in [0.15, 0.2) is 6.61 Å². The quantitative estimate of drug-likeness (QED) is 0.770. The van der Waals surface area contributed by atoms with Gasteiger partial charge in [-0.3, -0.25) is 4.79 Å². The molecule has 0 bridgehead atoms. The van der Waals surface area contributed by atoms with Crippen LogP contribution < -0.4 is 4.74 Å². The first-order valence-corrected chi connectivity index (χ1v) is 10.3. The topological polar surface area (TPSA) is 66.9 Å². The molecule has 1 aliphatic heterocycles. The minimum atomic E-state index is -3.18. The predicted octanol–water partition coefficient (Wildman–Crippen LogP) is 1.99. The molecule has 0 aromatic heterocycles. The fourth-order valence-electron chi connectivity index (χ4n) is 3.02. The fourth-order valence-corrected chi connectivity index (χ4v) is 4.11. The van der Waals surface area contributed by atoms with Crippen LogP contribution in [0.5, 0.6) is 5.75 Å². The van der Waals surface area contributed by atoms with E-state index in [0.29, 0.717) is 37.8 Å². The zero-order valence-electron chi connectivity index (χ0n) is 15.5. The maximum absolute atomic E-state index is 12.3. The molecule has 1 amide bonds. The van der Waals surface area contributed by atoms with Crippen molar-refractivity contribution in [3.63, 3.8) is 0 Å². The Morgan fingerprint density at radius 2 is 1.84 bits per heavy atom. The highest BCUT2D eigenvalue weighted by Crippen LogP contribution is 2.23. The molecule has 25 heavy (non-hydrogen) atoms.